The van der Waals surface area contributed by atoms with Crippen molar-refractivity contribution in [2.24, 2.45) is 0 Å². The molecule has 0 spiro atoms. The van der Waals surface area contributed by atoms with E-state index in [0.29, 0.717) is 28.0 Å². The van der Waals surface area contributed by atoms with Crippen molar-refractivity contribution in [3.8, 4) is 0 Å². The molecule has 2 N–H and O–H groups in total. The van der Waals surface area contributed by atoms with E-state index >= 15 is 0 Å². The molecule has 3 aromatic carbocycles. The molecule has 0 radical (unpaired) electrons. The van der Waals surface area contributed by atoms with Gasteiger partial charge in [0, 0.05) is 23.5 Å². The van der Waals surface area contributed by atoms with Gasteiger partial charge in [0.1, 0.15) is 24.4 Å². The van der Waals surface area contributed by atoms with Crippen LogP contribution in [0.5, 0.6) is 0 Å². The van der Waals surface area contributed by atoms with Gasteiger partial charge >= 0.3 is 12.2 Å². The summed E-state index contributed by atoms with van der Waals surface area (Å²) in [6, 6.07) is 23.0. The minimum Gasteiger partial charge on any atom is -0.444 e. The summed E-state index contributed by atoms with van der Waals surface area (Å²) >= 11 is 0. The number of aldehydes is 1. The standard InChI is InChI=1S/C34H34N4O6/c1-33(2,3)44-32(42)38-27(29(40)35-4)18-34(28-22-14-8-10-16-24(22)36-25(28)19-39)23-15-9-11-17-26(23)37(30(34)38)31(41)43-20-21-12-6-5-7-13-21/h5-17,19,27,30,36H,18,20H2,1-4H3,(H,35,40)/t27-,30-,34-/m0/s1. The number of aromatic nitrogens is 1. The Morgan fingerprint density at radius 2 is 1.66 bits per heavy atom. The Kier molecular flexibility index (Phi) is 7.15. The van der Waals surface area contributed by atoms with Crippen LogP contribution in [-0.2, 0) is 26.3 Å². The number of para-hydroxylation sites is 2. The average molecular weight is 595 g/mol. The summed E-state index contributed by atoms with van der Waals surface area (Å²) in [6.45, 7) is 5.21. The monoisotopic (exact) mass is 594 g/mol. The van der Waals surface area contributed by atoms with Crippen molar-refractivity contribution in [1.29, 1.82) is 0 Å². The number of likely N-dealkylation sites (tertiary alicyclic amines) is 1. The first-order valence-corrected chi connectivity index (χ1v) is 14.5. The van der Waals surface area contributed by atoms with Crippen LogP contribution in [-0.4, -0.2) is 59.1 Å². The predicted octanol–water partition coefficient (Wildman–Crippen LogP) is 5.50. The van der Waals surface area contributed by atoms with Crippen LogP contribution < -0.4 is 10.2 Å². The van der Waals surface area contributed by atoms with Crippen LogP contribution in [0, 0.1) is 0 Å². The topological polar surface area (TPSA) is 121 Å². The third-order valence-corrected chi connectivity index (χ3v) is 8.30. The Morgan fingerprint density at radius 3 is 2.36 bits per heavy atom. The average Bonchev–Trinajstić information content (AvgIpc) is 3.65. The lowest BCUT2D eigenvalue weighted by atomic mass is 9.71. The van der Waals surface area contributed by atoms with Gasteiger partial charge in [-0.05, 0) is 50.5 Å². The molecular weight excluding hydrogens is 560 g/mol. The van der Waals surface area contributed by atoms with Crippen LogP contribution in [0.2, 0.25) is 0 Å². The molecule has 3 heterocycles. The number of hydrogen-bond acceptors (Lipinski definition) is 6. The third kappa shape index (κ3) is 4.57. The van der Waals surface area contributed by atoms with Gasteiger partial charge in [-0.15, -0.1) is 0 Å². The second-order valence-corrected chi connectivity index (χ2v) is 12.1. The first kappa shape index (κ1) is 29.0. The van der Waals surface area contributed by atoms with Gasteiger partial charge in [0.2, 0.25) is 5.91 Å². The van der Waals surface area contributed by atoms with Crippen LogP contribution in [0.4, 0.5) is 15.3 Å². The van der Waals surface area contributed by atoms with Crippen molar-refractivity contribution in [1.82, 2.24) is 15.2 Å². The number of H-pyrrole nitrogens is 1. The molecule has 226 valence electrons. The number of benzene rings is 3. The number of nitrogens with one attached hydrogen (secondary N) is 2. The van der Waals surface area contributed by atoms with E-state index in [1.165, 1.54) is 16.8 Å². The van der Waals surface area contributed by atoms with E-state index in [-0.39, 0.29) is 13.0 Å². The van der Waals surface area contributed by atoms with Crippen molar-refractivity contribution in [2.75, 3.05) is 11.9 Å². The quantitative estimate of drug-likeness (QED) is 0.294. The summed E-state index contributed by atoms with van der Waals surface area (Å²) in [7, 11) is 1.50. The van der Waals surface area contributed by atoms with Gasteiger partial charge in [0.15, 0.2) is 6.29 Å². The molecule has 0 saturated carbocycles. The Bertz CT molecular complexity index is 1760. The SMILES string of the molecule is CNC(=O)[C@@H]1C[C@@]2(c3c(C=O)[nH]c4ccccc34)c3ccccc3N(C(=O)OCc3ccccc3)[C@H]2N1C(=O)OC(C)(C)C. The van der Waals surface area contributed by atoms with E-state index in [2.05, 4.69) is 10.3 Å². The normalized spacial score (nSPS) is 20.6. The van der Waals surface area contributed by atoms with E-state index in [1.54, 1.807) is 32.9 Å². The number of nitrogens with zero attached hydrogens (tertiary/aromatic N) is 2. The number of anilines is 1. The Labute approximate surface area is 254 Å². The number of rotatable bonds is 5. The highest BCUT2D eigenvalue weighted by Gasteiger charge is 2.67. The summed E-state index contributed by atoms with van der Waals surface area (Å²) in [6.07, 6.45) is -1.74. The van der Waals surface area contributed by atoms with E-state index in [4.69, 9.17) is 9.47 Å². The van der Waals surface area contributed by atoms with Crippen LogP contribution >= 0.6 is 0 Å². The molecule has 4 aromatic rings. The lowest BCUT2D eigenvalue weighted by Gasteiger charge is -2.38. The minimum absolute atomic E-state index is 0.00392. The number of carbonyl (C=O) groups excluding carboxylic acids is 4. The smallest absolute Gasteiger partial charge is 0.416 e. The van der Waals surface area contributed by atoms with Gasteiger partial charge in [0.05, 0.1) is 16.8 Å². The van der Waals surface area contributed by atoms with Crippen LogP contribution in [0.1, 0.15) is 54.4 Å². The molecular formula is C34H34N4O6. The molecule has 2 aliphatic heterocycles. The molecule has 0 bridgehead atoms. The molecule has 0 unspecified atom stereocenters. The van der Waals surface area contributed by atoms with Gasteiger partial charge in [-0.1, -0.05) is 66.7 Å². The number of likely N-dealkylation sites (N-methyl/N-ethyl adjacent to an activating group) is 1. The largest absolute Gasteiger partial charge is 0.444 e. The second-order valence-electron chi connectivity index (χ2n) is 12.1. The van der Waals surface area contributed by atoms with Crippen molar-refractivity contribution in [3.05, 3.63) is 101 Å². The fourth-order valence-corrected chi connectivity index (χ4v) is 6.72. The molecule has 2 aliphatic rings. The Balaban J connectivity index is 1.61. The fraction of sp³-hybridized carbons (Fsp3) is 0.294. The summed E-state index contributed by atoms with van der Waals surface area (Å²) in [5.74, 6) is -0.424. The number of aromatic amines is 1. The zero-order valence-corrected chi connectivity index (χ0v) is 25.0. The highest BCUT2D eigenvalue weighted by molar-refractivity contribution is 6.01. The Hall–Kier alpha value is -5.12. The zero-order chi connectivity index (χ0) is 31.2. The van der Waals surface area contributed by atoms with Gasteiger partial charge in [-0.25, -0.2) is 9.59 Å². The first-order chi connectivity index (χ1) is 21.1. The van der Waals surface area contributed by atoms with E-state index in [1.807, 2.05) is 66.7 Å². The molecule has 1 aromatic heterocycles. The van der Waals surface area contributed by atoms with Crippen molar-refractivity contribution >= 4 is 41.0 Å². The number of ether oxygens (including phenoxy) is 2. The maximum Gasteiger partial charge on any atom is 0.416 e. The maximum absolute atomic E-state index is 14.2. The molecule has 1 fully saturated rings. The summed E-state index contributed by atoms with van der Waals surface area (Å²) in [4.78, 5) is 60.6. The number of hydrogen-bond donors (Lipinski definition) is 2. The van der Waals surface area contributed by atoms with E-state index in [9.17, 15) is 19.2 Å². The minimum atomic E-state index is -1.20. The first-order valence-electron chi connectivity index (χ1n) is 14.5. The van der Waals surface area contributed by atoms with E-state index < -0.39 is 41.3 Å². The lowest BCUT2D eigenvalue weighted by Crippen LogP contribution is -2.58. The molecule has 3 atom stereocenters. The summed E-state index contributed by atoms with van der Waals surface area (Å²) in [5, 5.41) is 3.43. The summed E-state index contributed by atoms with van der Waals surface area (Å²) in [5.41, 5.74) is 1.51. The molecule has 10 heteroatoms. The number of fused-ring (bicyclic) bond motifs is 4. The summed E-state index contributed by atoms with van der Waals surface area (Å²) < 4.78 is 11.7. The Morgan fingerprint density at radius 1 is 0.977 bits per heavy atom. The van der Waals surface area contributed by atoms with Crippen LogP contribution in [0.3, 0.4) is 0 Å². The maximum atomic E-state index is 14.2. The molecule has 0 aliphatic carbocycles. The second kappa shape index (κ2) is 10.9. The van der Waals surface area contributed by atoms with E-state index in [0.717, 1.165) is 17.2 Å². The van der Waals surface area contributed by atoms with Crippen molar-refractivity contribution in [2.45, 2.75) is 57.0 Å². The fourth-order valence-electron chi connectivity index (χ4n) is 6.72. The van der Waals surface area contributed by atoms with Crippen LogP contribution in [0.15, 0.2) is 78.9 Å². The predicted molar refractivity (Wildman–Crippen MR) is 164 cm³/mol. The molecule has 6 rings (SSSR count). The van der Waals surface area contributed by atoms with Gasteiger partial charge in [-0.3, -0.25) is 19.4 Å². The highest BCUT2D eigenvalue weighted by Crippen LogP contribution is 2.59. The third-order valence-electron chi connectivity index (χ3n) is 8.30. The molecule has 1 saturated heterocycles. The molecule has 44 heavy (non-hydrogen) atoms. The molecule has 10 nitrogen and oxygen atoms in total. The number of carbonyl (C=O) groups is 4. The lowest BCUT2D eigenvalue weighted by molar-refractivity contribution is -0.125. The van der Waals surface area contributed by atoms with Gasteiger partial charge in [0.25, 0.3) is 0 Å². The van der Waals surface area contributed by atoms with Crippen LogP contribution in [0.25, 0.3) is 10.9 Å². The van der Waals surface area contributed by atoms with Gasteiger partial charge in [-0.2, -0.15) is 0 Å². The number of amides is 3. The van der Waals surface area contributed by atoms with Gasteiger partial charge < -0.3 is 19.8 Å². The highest BCUT2D eigenvalue weighted by atomic mass is 16.6. The zero-order valence-electron chi connectivity index (χ0n) is 25.0. The molecule has 3 amide bonds. The van der Waals surface area contributed by atoms with Crippen molar-refractivity contribution < 1.29 is 28.7 Å². The van der Waals surface area contributed by atoms with Crippen molar-refractivity contribution in [3.63, 3.8) is 0 Å².